The summed E-state index contributed by atoms with van der Waals surface area (Å²) in [6, 6.07) is 5.45. The van der Waals surface area contributed by atoms with Crippen LogP contribution in [0, 0.1) is 0 Å². The fraction of sp³-hybridized carbons (Fsp3) is 0.357. The van der Waals surface area contributed by atoms with E-state index in [1.165, 1.54) is 0 Å². The van der Waals surface area contributed by atoms with E-state index < -0.39 is 0 Å². The summed E-state index contributed by atoms with van der Waals surface area (Å²) in [4.78, 5) is 4.29. The van der Waals surface area contributed by atoms with E-state index in [9.17, 15) is 0 Å². The molecular weight excluding hydrogens is 262 g/mol. The summed E-state index contributed by atoms with van der Waals surface area (Å²) in [5, 5.41) is 0.650. The number of aryl methyl sites for hydroxylation is 2. The molecule has 1 aromatic carbocycles. The summed E-state index contributed by atoms with van der Waals surface area (Å²) in [7, 11) is 3.61. The molecule has 0 aliphatic carbocycles. The molecule has 1 unspecified atom stereocenters. The zero-order valence-electron chi connectivity index (χ0n) is 11.1. The van der Waals surface area contributed by atoms with Crippen molar-refractivity contribution in [2.24, 2.45) is 12.8 Å². The summed E-state index contributed by atoms with van der Waals surface area (Å²) in [5.41, 5.74) is 7.20. The Morgan fingerprint density at radius 2 is 2.26 bits per heavy atom. The van der Waals surface area contributed by atoms with Gasteiger partial charge in [-0.1, -0.05) is 17.7 Å². The van der Waals surface area contributed by atoms with Crippen LogP contribution in [0.3, 0.4) is 0 Å². The first kappa shape index (κ1) is 13.9. The summed E-state index contributed by atoms with van der Waals surface area (Å²) in [6.45, 7) is 0. The van der Waals surface area contributed by atoms with E-state index in [-0.39, 0.29) is 6.04 Å². The predicted octanol–water partition coefficient (Wildman–Crippen LogP) is 2.71. The molecule has 2 rings (SSSR count). The Hall–Kier alpha value is -1.52. The Morgan fingerprint density at radius 3 is 2.89 bits per heavy atom. The number of benzene rings is 1. The molecule has 0 saturated carbocycles. The summed E-state index contributed by atoms with van der Waals surface area (Å²) >= 11 is 5.95. The molecule has 0 spiro atoms. The highest BCUT2D eigenvalue weighted by atomic mass is 35.5. The zero-order valence-corrected chi connectivity index (χ0v) is 11.9. The number of aromatic nitrogens is 2. The quantitative estimate of drug-likeness (QED) is 0.916. The van der Waals surface area contributed by atoms with Crippen molar-refractivity contribution in [3.05, 3.63) is 47.0 Å². The first-order chi connectivity index (χ1) is 9.11. The van der Waals surface area contributed by atoms with Gasteiger partial charge in [-0.25, -0.2) is 4.98 Å². The third-order valence-corrected chi connectivity index (χ3v) is 3.43. The number of nitrogens with zero attached hydrogens (tertiary/aromatic N) is 2. The second-order valence-corrected chi connectivity index (χ2v) is 4.92. The maximum Gasteiger partial charge on any atom is 0.125 e. The van der Waals surface area contributed by atoms with E-state index in [2.05, 4.69) is 4.98 Å². The van der Waals surface area contributed by atoms with Crippen LogP contribution in [0.4, 0.5) is 0 Å². The molecular formula is C14H18ClN3O. The van der Waals surface area contributed by atoms with Gasteiger partial charge in [0.2, 0.25) is 0 Å². The molecule has 0 saturated heterocycles. The van der Waals surface area contributed by atoms with Crippen molar-refractivity contribution in [2.75, 3.05) is 7.11 Å². The van der Waals surface area contributed by atoms with Gasteiger partial charge in [-0.3, -0.25) is 0 Å². The topological polar surface area (TPSA) is 53.1 Å². The van der Waals surface area contributed by atoms with Crippen LogP contribution in [-0.2, 0) is 13.5 Å². The van der Waals surface area contributed by atoms with Gasteiger partial charge in [-0.05, 0) is 18.6 Å². The van der Waals surface area contributed by atoms with Gasteiger partial charge in [-0.2, -0.15) is 0 Å². The minimum Gasteiger partial charge on any atom is -0.496 e. The number of nitrogens with two attached hydrogens (primary N) is 1. The first-order valence-corrected chi connectivity index (χ1v) is 6.55. The summed E-state index contributed by atoms with van der Waals surface area (Å²) in [5.74, 6) is 1.77. The number of ether oxygens (including phenoxy) is 1. The lowest BCUT2D eigenvalue weighted by Gasteiger charge is -2.15. The van der Waals surface area contributed by atoms with Crippen molar-refractivity contribution in [1.29, 1.82) is 0 Å². The lowest BCUT2D eigenvalue weighted by molar-refractivity contribution is 0.404. The van der Waals surface area contributed by atoms with Crippen LogP contribution in [0.5, 0.6) is 5.75 Å². The smallest absolute Gasteiger partial charge is 0.125 e. The molecule has 1 heterocycles. The Balaban J connectivity index is 2.07. The van der Waals surface area contributed by atoms with Gasteiger partial charge >= 0.3 is 0 Å². The molecule has 0 amide bonds. The molecule has 19 heavy (non-hydrogen) atoms. The van der Waals surface area contributed by atoms with Gasteiger partial charge in [0.05, 0.1) is 7.11 Å². The van der Waals surface area contributed by atoms with Gasteiger partial charge < -0.3 is 15.0 Å². The van der Waals surface area contributed by atoms with E-state index in [0.29, 0.717) is 5.02 Å². The minimum atomic E-state index is -0.0936. The largest absolute Gasteiger partial charge is 0.496 e. The molecule has 4 nitrogen and oxygen atoms in total. The molecule has 2 N–H and O–H groups in total. The monoisotopic (exact) mass is 279 g/mol. The molecule has 1 atom stereocenters. The van der Waals surface area contributed by atoms with Gasteiger partial charge in [0, 0.05) is 42.5 Å². The van der Waals surface area contributed by atoms with E-state index in [1.54, 1.807) is 19.4 Å². The SMILES string of the molecule is COc1cc(Cl)ccc1C(N)CCc1nccn1C. The number of methoxy groups -OCH3 is 1. The predicted molar refractivity (Wildman–Crippen MR) is 76.5 cm³/mol. The number of halogens is 1. The standard InChI is InChI=1S/C14H18ClN3O/c1-18-8-7-17-14(18)6-5-12(16)11-4-3-10(15)9-13(11)19-2/h3-4,7-9,12H,5-6,16H2,1-2H3. The van der Waals surface area contributed by atoms with Crippen LogP contribution in [0.25, 0.3) is 0 Å². The fourth-order valence-electron chi connectivity index (χ4n) is 2.07. The molecule has 1 aromatic heterocycles. The lowest BCUT2D eigenvalue weighted by Crippen LogP contribution is -2.13. The highest BCUT2D eigenvalue weighted by Crippen LogP contribution is 2.29. The Bertz CT molecular complexity index is 553. The molecule has 102 valence electrons. The van der Waals surface area contributed by atoms with Crippen LogP contribution in [0.1, 0.15) is 23.9 Å². The highest BCUT2D eigenvalue weighted by molar-refractivity contribution is 6.30. The van der Waals surface area contributed by atoms with Gasteiger partial charge in [-0.15, -0.1) is 0 Å². The normalized spacial score (nSPS) is 12.4. The van der Waals surface area contributed by atoms with E-state index in [0.717, 1.165) is 30.0 Å². The number of hydrogen-bond acceptors (Lipinski definition) is 3. The van der Waals surface area contributed by atoms with Gasteiger partial charge in [0.15, 0.2) is 0 Å². The van der Waals surface area contributed by atoms with Crippen molar-refractivity contribution in [3.63, 3.8) is 0 Å². The molecule has 0 aliphatic heterocycles. The molecule has 5 heteroatoms. The van der Waals surface area contributed by atoms with Gasteiger partial charge in [0.1, 0.15) is 11.6 Å². The number of imidazole rings is 1. The second-order valence-electron chi connectivity index (χ2n) is 4.49. The van der Waals surface area contributed by atoms with Crippen molar-refractivity contribution >= 4 is 11.6 Å². The number of rotatable bonds is 5. The Kier molecular flexibility index (Phi) is 4.45. The summed E-state index contributed by atoms with van der Waals surface area (Å²) < 4.78 is 7.33. The van der Waals surface area contributed by atoms with Crippen LogP contribution in [-0.4, -0.2) is 16.7 Å². The lowest BCUT2D eigenvalue weighted by atomic mass is 10.0. The van der Waals surface area contributed by atoms with E-state index >= 15 is 0 Å². The first-order valence-electron chi connectivity index (χ1n) is 6.17. The van der Waals surface area contributed by atoms with E-state index in [4.69, 9.17) is 22.1 Å². The fourth-order valence-corrected chi connectivity index (χ4v) is 2.23. The minimum absolute atomic E-state index is 0.0936. The molecule has 0 aliphatic rings. The van der Waals surface area contributed by atoms with Crippen molar-refractivity contribution in [1.82, 2.24) is 9.55 Å². The Morgan fingerprint density at radius 1 is 1.47 bits per heavy atom. The second kappa shape index (κ2) is 6.08. The van der Waals surface area contributed by atoms with Crippen molar-refractivity contribution in [3.8, 4) is 5.75 Å². The molecule has 0 fully saturated rings. The molecule has 0 radical (unpaired) electrons. The Labute approximate surface area is 118 Å². The molecule has 0 bridgehead atoms. The third-order valence-electron chi connectivity index (χ3n) is 3.19. The van der Waals surface area contributed by atoms with Crippen molar-refractivity contribution in [2.45, 2.75) is 18.9 Å². The maximum atomic E-state index is 6.23. The van der Waals surface area contributed by atoms with E-state index in [1.807, 2.05) is 29.9 Å². The summed E-state index contributed by atoms with van der Waals surface area (Å²) in [6.07, 6.45) is 5.37. The highest BCUT2D eigenvalue weighted by Gasteiger charge is 2.13. The average molecular weight is 280 g/mol. The molecule has 2 aromatic rings. The zero-order chi connectivity index (χ0) is 13.8. The van der Waals surface area contributed by atoms with Crippen LogP contribution in [0.15, 0.2) is 30.6 Å². The average Bonchev–Trinajstić information content (AvgIpc) is 2.81. The third kappa shape index (κ3) is 3.28. The number of hydrogen-bond donors (Lipinski definition) is 1. The van der Waals surface area contributed by atoms with Crippen molar-refractivity contribution < 1.29 is 4.74 Å². The maximum absolute atomic E-state index is 6.23. The van der Waals surface area contributed by atoms with Gasteiger partial charge in [0.25, 0.3) is 0 Å². The van der Waals surface area contributed by atoms with Crippen LogP contribution < -0.4 is 10.5 Å². The van der Waals surface area contributed by atoms with Crippen LogP contribution >= 0.6 is 11.6 Å². The van der Waals surface area contributed by atoms with Crippen LogP contribution in [0.2, 0.25) is 5.02 Å².